The van der Waals surface area contributed by atoms with Gasteiger partial charge in [0.25, 0.3) is 10.0 Å². The molecule has 11 heteroatoms. The normalized spacial score (nSPS) is 11.9. The minimum absolute atomic E-state index is 0.0897. The number of amides is 2. The molecular weight excluding hydrogens is 582 g/mol. The topological polar surface area (TPSA) is 114 Å². The number of rotatable bonds is 16. The van der Waals surface area contributed by atoms with E-state index in [1.807, 2.05) is 58.0 Å². The molecule has 3 aromatic rings. The Morgan fingerprint density at radius 1 is 0.886 bits per heavy atom. The summed E-state index contributed by atoms with van der Waals surface area (Å²) in [6.45, 7) is 8.13. The number of anilines is 1. The molecule has 44 heavy (non-hydrogen) atoms. The van der Waals surface area contributed by atoms with E-state index in [0.717, 1.165) is 9.87 Å². The molecule has 238 valence electrons. The number of benzene rings is 3. The van der Waals surface area contributed by atoms with Crippen molar-refractivity contribution in [2.45, 2.75) is 51.6 Å². The number of carbonyl (C=O) groups excluding carboxylic acids is 2. The van der Waals surface area contributed by atoms with Crippen molar-refractivity contribution < 1.29 is 32.2 Å². The first kappa shape index (κ1) is 34.2. The monoisotopic (exact) mass is 625 g/mol. The van der Waals surface area contributed by atoms with E-state index in [-0.39, 0.29) is 34.7 Å². The third-order valence-corrected chi connectivity index (χ3v) is 8.69. The van der Waals surface area contributed by atoms with E-state index in [4.69, 9.17) is 14.2 Å². The van der Waals surface area contributed by atoms with Gasteiger partial charge in [-0.1, -0.05) is 51.1 Å². The first-order chi connectivity index (χ1) is 21.0. The number of sulfonamides is 1. The van der Waals surface area contributed by atoms with Crippen molar-refractivity contribution in [2.24, 2.45) is 5.92 Å². The Hall–Kier alpha value is -4.25. The van der Waals surface area contributed by atoms with Gasteiger partial charge in [0, 0.05) is 19.2 Å². The smallest absolute Gasteiger partial charge is 0.264 e. The number of methoxy groups -OCH3 is 2. The highest BCUT2D eigenvalue weighted by Gasteiger charge is 2.34. The van der Waals surface area contributed by atoms with E-state index in [9.17, 15) is 18.0 Å². The van der Waals surface area contributed by atoms with E-state index in [0.29, 0.717) is 31.1 Å². The summed E-state index contributed by atoms with van der Waals surface area (Å²) in [5.74, 6) is 0.549. The highest BCUT2D eigenvalue weighted by atomic mass is 32.2. The van der Waals surface area contributed by atoms with Gasteiger partial charge in [-0.2, -0.15) is 0 Å². The van der Waals surface area contributed by atoms with Gasteiger partial charge >= 0.3 is 0 Å². The number of hydrogen-bond acceptors (Lipinski definition) is 7. The lowest BCUT2D eigenvalue weighted by Crippen LogP contribution is -2.52. The maximum Gasteiger partial charge on any atom is 0.264 e. The molecule has 1 atom stereocenters. The first-order valence-corrected chi connectivity index (χ1v) is 16.1. The molecule has 0 radical (unpaired) electrons. The molecule has 3 aromatic carbocycles. The molecule has 0 saturated carbocycles. The number of ether oxygens (including phenoxy) is 3. The van der Waals surface area contributed by atoms with Crippen LogP contribution in [0.15, 0.2) is 77.7 Å². The molecule has 0 aromatic heterocycles. The summed E-state index contributed by atoms with van der Waals surface area (Å²) in [5.41, 5.74) is 1.07. The van der Waals surface area contributed by atoms with Gasteiger partial charge in [0.2, 0.25) is 11.8 Å². The van der Waals surface area contributed by atoms with E-state index in [2.05, 4.69) is 5.32 Å². The number of nitrogens with one attached hydrogen (secondary N) is 1. The molecule has 10 nitrogen and oxygen atoms in total. The Kier molecular flexibility index (Phi) is 12.5. The summed E-state index contributed by atoms with van der Waals surface area (Å²) in [5, 5.41) is 2.93. The fourth-order valence-corrected chi connectivity index (χ4v) is 6.06. The molecule has 0 spiro atoms. The summed E-state index contributed by atoms with van der Waals surface area (Å²) in [6, 6.07) is 19.2. The maximum atomic E-state index is 14.2. The second-order valence-electron chi connectivity index (χ2n) is 10.5. The number of hydrogen-bond donors (Lipinski definition) is 1. The molecule has 3 rings (SSSR count). The Labute approximate surface area is 261 Å². The summed E-state index contributed by atoms with van der Waals surface area (Å²) in [7, 11) is -1.43. The van der Waals surface area contributed by atoms with Crippen molar-refractivity contribution in [1.29, 1.82) is 0 Å². The van der Waals surface area contributed by atoms with E-state index < -0.39 is 28.5 Å². The lowest BCUT2D eigenvalue weighted by Gasteiger charge is -2.33. The van der Waals surface area contributed by atoms with Gasteiger partial charge in [-0.25, -0.2) is 8.42 Å². The van der Waals surface area contributed by atoms with Crippen LogP contribution in [0.1, 0.15) is 39.7 Å². The van der Waals surface area contributed by atoms with Crippen LogP contribution in [-0.2, 0) is 26.2 Å². The first-order valence-electron chi connectivity index (χ1n) is 14.6. The van der Waals surface area contributed by atoms with Crippen LogP contribution in [0.2, 0.25) is 0 Å². The largest absolute Gasteiger partial charge is 0.494 e. The van der Waals surface area contributed by atoms with Gasteiger partial charge in [-0.3, -0.25) is 13.9 Å². The predicted octanol–water partition coefficient (Wildman–Crippen LogP) is 4.88. The third-order valence-electron chi connectivity index (χ3n) is 6.92. The van der Waals surface area contributed by atoms with Crippen LogP contribution < -0.4 is 23.8 Å². The van der Waals surface area contributed by atoms with Crippen LogP contribution in [0.5, 0.6) is 17.2 Å². The standard InChI is InChI=1S/C33H43N3O7S/c1-7-29(33(38)34-21-24(3)4)35(22-25-12-10-9-11-13-25)32(37)23-36(26-14-16-27(17-15-26)43-8-2)44(39,40)28-18-19-30(41-5)31(20-28)42-6/h9-20,24,29H,7-8,21-23H2,1-6H3,(H,34,38)/t29-/m0/s1. The minimum Gasteiger partial charge on any atom is -0.494 e. The Balaban J connectivity index is 2.08. The van der Waals surface area contributed by atoms with Crippen LogP contribution in [0.4, 0.5) is 5.69 Å². The zero-order chi connectivity index (χ0) is 32.3. The molecule has 0 heterocycles. The van der Waals surface area contributed by atoms with E-state index >= 15 is 0 Å². The maximum absolute atomic E-state index is 14.2. The molecule has 0 aliphatic carbocycles. The van der Waals surface area contributed by atoms with Gasteiger partial charge < -0.3 is 24.4 Å². The third kappa shape index (κ3) is 8.66. The highest BCUT2D eigenvalue weighted by Crippen LogP contribution is 2.33. The second kappa shape index (κ2) is 16.0. The molecule has 0 aliphatic heterocycles. The molecular formula is C33H43N3O7S. The summed E-state index contributed by atoms with van der Waals surface area (Å²) < 4.78 is 45.7. The Bertz CT molecular complexity index is 1480. The molecule has 0 unspecified atom stereocenters. The second-order valence-corrected chi connectivity index (χ2v) is 12.4. The summed E-state index contributed by atoms with van der Waals surface area (Å²) in [6.07, 6.45) is 0.341. The summed E-state index contributed by atoms with van der Waals surface area (Å²) >= 11 is 0. The lowest BCUT2D eigenvalue weighted by atomic mass is 10.1. The van der Waals surface area contributed by atoms with E-state index in [1.165, 1.54) is 37.3 Å². The number of nitrogens with zero attached hydrogens (tertiary/aromatic N) is 2. The van der Waals surface area contributed by atoms with Crippen molar-refractivity contribution in [1.82, 2.24) is 10.2 Å². The van der Waals surface area contributed by atoms with Gasteiger partial charge in [0.1, 0.15) is 18.3 Å². The quantitative estimate of drug-likeness (QED) is 0.241. The van der Waals surface area contributed by atoms with Crippen molar-refractivity contribution >= 4 is 27.5 Å². The molecule has 0 bridgehead atoms. The van der Waals surface area contributed by atoms with Gasteiger partial charge in [-0.15, -0.1) is 0 Å². The van der Waals surface area contributed by atoms with Crippen LogP contribution in [0, 0.1) is 5.92 Å². The van der Waals surface area contributed by atoms with Crippen molar-refractivity contribution in [2.75, 3.05) is 38.2 Å². The lowest BCUT2D eigenvalue weighted by molar-refractivity contribution is -0.140. The minimum atomic E-state index is -4.30. The Morgan fingerprint density at radius 3 is 2.11 bits per heavy atom. The average Bonchev–Trinajstić information content (AvgIpc) is 3.03. The fourth-order valence-electron chi connectivity index (χ4n) is 4.63. The molecule has 0 aliphatic rings. The predicted molar refractivity (Wildman–Crippen MR) is 171 cm³/mol. The zero-order valence-corrected chi connectivity index (χ0v) is 27.1. The fraction of sp³-hybridized carbons (Fsp3) is 0.394. The molecule has 2 amide bonds. The van der Waals surface area contributed by atoms with Crippen LogP contribution >= 0.6 is 0 Å². The Morgan fingerprint density at radius 2 is 1.55 bits per heavy atom. The van der Waals surface area contributed by atoms with Crippen LogP contribution in [-0.4, -0.2) is 65.1 Å². The molecule has 0 saturated heterocycles. The molecule has 1 N–H and O–H groups in total. The van der Waals surface area contributed by atoms with E-state index in [1.54, 1.807) is 24.3 Å². The molecule has 0 fully saturated rings. The SMILES string of the molecule is CCOc1ccc(N(CC(=O)N(Cc2ccccc2)[C@@H](CC)C(=O)NCC(C)C)S(=O)(=O)c2ccc(OC)c(OC)c2)cc1. The number of carbonyl (C=O) groups is 2. The zero-order valence-electron chi connectivity index (χ0n) is 26.3. The average molecular weight is 626 g/mol. The van der Waals surface area contributed by atoms with Gasteiger partial charge in [-0.05, 0) is 61.2 Å². The summed E-state index contributed by atoms with van der Waals surface area (Å²) in [4.78, 5) is 28.9. The van der Waals surface area contributed by atoms with Gasteiger partial charge in [0.05, 0.1) is 31.4 Å². The van der Waals surface area contributed by atoms with Crippen molar-refractivity contribution in [3.8, 4) is 17.2 Å². The highest BCUT2D eigenvalue weighted by molar-refractivity contribution is 7.92. The van der Waals surface area contributed by atoms with Crippen LogP contribution in [0.3, 0.4) is 0 Å². The van der Waals surface area contributed by atoms with Crippen molar-refractivity contribution in [3.63, 3.8) is 0 Å². The van der Waals surface area contributed by atoms with Gasteiger partial charge in [0.15, 0.2) is 11.5 Å². The van der Waals surface area contributed by atoms with Crippen molar-refractivity contribution in [3.05, 3.63) is 78.4 Å². The van der Waals surface area contributed by atoms with Crippen LogP contribution in [0.25, 0.3) is 0 Å².